The monoisotopic (exact) mass is 368 g/mol. The van der Waals surface area contributed by atoms with Gasteiger partial charge in [0.25, 0.3) is 5.56 Å². The molecule has 2 aromatic heterocycles. The summed E-state index contributed by atoms with van der Waals surface area (Å²) in [5.41, 5.74) is 0.808. The minimum atomic E-state index is -0.0893. The minimum absolute atomic E-state index is 0.0893. The summed E-state index contributed by atoms with van der Waals surface area (Å²) in [6.07, 6.45) is 1.76. The highest BCUT2D eigenvalue weighted by atomic mass is 79.9. The Morgan fingerprint density at radius 1 is 1.33 bits per heavy atom. The summed E-state index contributed by atoms with van der Waals surface area (Å²) >= 11 is 5.21. The van der Waals surface area contributed by atoms with Crippen LogP contribution >= 0.6 is 27.3 Å². The highest BCUT2D eigenvalue weighted by molar-refractivity contribution is 9.10. The maximum Gasteiger partial charge on any atom is 0.282 e. The van der Waals surface area contributed by atoms with Gasteiger partial charge in [0.1, 0.15) is 4.47 Å². The van der Waals surface area contributed by atoms with Gasteiger partial charge in [-0.25, -0.2) is 4.68 Å². The van der Waals surface area contributed by atoms with Crippen molar-refractivity contribution in [2.24, 2.45) is 7.05 Å². The average molecular weight is 369 g/mol. The molecule has 112 valence electrons. The molecular formula is C14H17BrN4OS. The second-order valence-electron chi connectivity index (χ2n) is 5.12. The van der Waals surface area contributed by atoms with Gasteiger partial charge in [-0.3, -0.25) is 9.69 Å². The first-order valence-electron chi connectivity index (χ1n) is 6.86. The number of aromatic nitrogens is 2. The van der Waals surface area contributed by atoms with Gasteiger partial charge in [0.15, 0.2) is 0 Å². The number of halogens is 1. The van der Waals surface area contributed by atoms with Crippen molar-refractivity contribution in [2.75, 3.05) is 31.1 Å². The first kappa shape index (κ1) is 14.7. The van der Waals surface area contributed by atoms with Crippen LogP contribution in [0.3, 0.4) is 0 Å². The van der Waals surface area contributed by atoms with E-state index in [1.165, 1.54) is 9.56 Å². The summed E-state index contributed by atoms with van der Waals surface area (Å²) in [6.45, 7) is 4.85. The molecule has 0 N–H and O–H groups in total. The molecule has 1 aliphatic rings. The zero-order valence-electron chi connectivity index (χ0n) is 11.8. The Morgan fingerprint density at radius 3 is 2.76 bits per heavy atom. The molecule has 0 spiro atoms. The van der Waals surface area contributed by atoms with Crippen LogP contribution in [0.5, 0.6) is 0 Å². The van der Waals surface area contributed by atoms with Crippen LogP contribution in [0.4, 0.5) is 5.69 Å². The quantitative estimate of drug-likeness (QED) is 0.829. The summed E-state index contributed by atoms with van der Waals surface area (Å²) < 4.78 is 1.95. The molecule has 3 rings (SSSR count). The Labute approximate surface area is 135 Å². The number of aryl methyl sites for hydroxylation is 1. The Hall–Kier alpha value is -1.18. The molecule has 5 nitrogen and oxygen atoms in total. The molecule has 21 heavy (non-hydrogen) atoms. The Bertz CT molecular complexity index is 662. The van der Waals surface area contributed by atoms with E-state index >= 15 is 0 Å². The van der Waals surface area contributed by atoms with E-state index in [9.17, 15) is 4.79 Å². The predicted molar refractivity (Wildman–Crippen MR) is 89.0 cm³/mol. The summed E-state index contributed by atoms with van der Waals surface area (Å²) in [7, 11) is 1.66. The Kier molecular flexibility index (Phi) is 4.42. The summed E-state index contributed by atoms with van der Waals surface area (Å²) in [5.74, 6) is 0. The molecule has 0 bridgehead atoms. The van der Waals surface area contributed by atoms with Gasteiger partial charge in [0.05, 0.1) is 11.9 Å². The molecule has 0 aromatic carbocycles. The van der Waals surface area contributed by atoms with E-state index in [1.54, 1.807) is 24.6 Å². The van der Waals surface area contributed by atoms with Crippen LogP contribution in [0.15, 0.2) is 33.0 Å². The van der Waals surface area contributed by atoms with Crippen LogP contribution in [0.2, 0.25) is 0 Å². The van der Waals surface area contributed by atoms with E-state index in [-0.39, 0.29) is 5.56 Å². The Morgan fingerprint density at radius 2 is 2.10 bits per heavy atom. The number of piperazine rings is 1. The highest BCUT2D eigenvalue weighted by Crippen LogP contribution is 2.23. The molecule has 0 saturated carbocycles. The lowest BCUT2D eigenvalue weighted by molar-refractivity contribution is 0.251. The maximum absolute atomic E-state index is 11.9. The van der Waals surface area contributed by atoms with E-state index in [0.717, 1.165) is 38.4 Å². The van der Waals surface area contributed by atoms with E-state index in [1.807, 2.05) is 0 Å². The van der Waals surface area contributed by atoms with Gasteiger partial charge < -0.3 is 4.90 Å². The molecule has 0 atom stereocenters. The number of rotatable bonds is 3. The van der Waals surface area contributed by atoms with Gasteiger partial charge in [-0.15, -0.1) is 11.3 Å². The molecule has 0 radical (unpaired) electrons. The predicted octanol–water partition coefficient (Wildman–Crippen LogP) is 1.93. The SMILES string of the molecule is Cn1ncc(N2CCN(Cc3cccs3)CC2)c(Br)c1=O. The highest BCUT2D eigenvalue weighted by Gasteiger charge is 2.20. The van der Waals surface area contributed by atoms with Crippen molar-refractivity contribution in [1.82, 2.24) is 14.7 Å². The number of nitrogens with zero attached hydrogens (tertiary/aromatic N) is 4. The molecule has 7 heteroatoms. The van der Waals surface area contributed by atoms with Crippen LogP contribution in [0.25, 0.3) is 0 Å². The summed E-state index contributed by atoms with van der Waals surface area (Å²) in [4.78, 5) is 18.0. The third-order valence-corrected chi connectivity index (χ3v) is 5.34. The second-order valence-corrected chi connectivity index (χ2v) is 6.94. The molecule has 0 unspecified atom stereocenters. The maximum atomic E-state index is 11.9. The van der Waals surface area contributed by atoms with Crippen molar-refractivity contribution in [1.29, 1.82) is 0 Å². The average Bonchev–Trinajstić information content (AvgIpc) is 2.99. The van der Waals surface area contributed by atoms with Crippen LogP contribution in [0, 0.1) is 0 Å². The van der Waals surface area contributed by atoms with Crippen LogP contribution in [-0.4, -0.2) is 40.9 Å². The zero-order chi connectivity index (χ0) is 14.8. The van der Waals surface area contributed by atoms with Crippen molar-refractivity contribution in [2.45, 2.75) is 6.54 Å². The molecule has 1 aliphatic heterocycles. The van der Waals surface area contributed by atoms with E-state index in [4.69, 9.17) is 0 Å². The van der Waals surface area contributed by atoms with Crippen molar-refractivity contribution in [3.8, 4) is 0 Å². The van der Waals surface area contributed by atoms with Gasteiger partial charge >= 0.3 is 0 Å². The van der Waals surface area contributed by atoms with Gasteiger partial charge in [-0.05, 0) is 27.4 Å². The fourth-order valence-corrected chi connectivity index (χ4v) is 3.85. The first-order chi connectivity index (χ1) is 10.1. The molecule has 3 heterocycles. The van der Waals surface area contributed by atoms with E-state index in [0.29, 0.717) is 4.47 Å². The lowest BCUT2D eigenvalue weighted by atomic mass is 10.2. The third-order valence-electron chi connectivity index (χ3n) is 3.73. The number of hydrogen-bond donors (Lipinski definition) is 0. The van der Waals surface area contributed by atoms with Gasteiger partial charge in [0, 0.05) is 44.6 Å². The summed E-state index contributed by atoms with van der Waals surface area (Å²) in [5, 5.41) is 6.23. The molecular weight excluding hydrogens is 352 g/mol. The lowest BCUT2D eigenvalue weighted by Gasteiger charge is -2.36. The molecule has 1 saturated heterocycles. The Balaban J connectivity index is 1.66. The van der Waals surface area contributed by atoms with Gasteiger partial charge in [-0.2, -0.15) is 5.10 Å². The molecule has 2 aromatic rings. The number of thiophene rings is 1. The largest absolute Gasteiger partial charge is 0.367 e. The normalized spacial score (nSPS) is 16.4. The minimum Gasteiger partial charge on any atom is -0.367 e. The van der Waals surface area contributed by atoms with E-state index in [2.05, 4.69) is 48.3 Å². The van der Waals surface area contributed by atoms with Gasteiger partial charge in [0.2, 0.25) is 0 Å². The third kappa shape index (κ3) is 3.20. The second kappa shape index (κ2) is 6.29. The molecule has 1 fully saturated rings. The molecule has 0 amide bonds. The number of anilines is 1. The van der Waals surface area contributed by atoms with Crippen molar-refractivity contribution in [3.05, 3.63) is 43.4 Å². The van der Waals surface area contributed by atoms with Crippen molar-refractivity contribution >= 4 is 33.0 Å². The van der Waals surface area contributed by atoms with Gasteiger partial charge in [-0.1, -0.05) is 6.07 Å². The van der Waals surface area contributed by atoms with Crippen LogP contribution in [-0.2, 0) is 13.6 Å². The lowest BCUT2D eigenvalue weighted by Crippen LogP contribution is -2.46. The fourth-order valence-electron chi connectivity index (χ4n) is 2.49. The summed E-state index contributed by atoms with van der Waals surface area (Å²) in [6, 6.07) is 4.28. The van der Waals surface area contributed by atoms with Crippen molar-refractivity contribution < 1.29 is 0 Å². The zero-order valence-corrected chi connectivity index (χ0v) is 14.2. The fraction of sp³-hybridized carbons (Fsp3) is 0.429. The molecule has 0 aliphatic carbocycles. The van der Waals surface area contributed by atoms with Crippen molar-refractivity contribution in [3.63, 3.8) is 0 Å². The first-order valence-corrected chi connectivity index (χ1v) is 8.54. The smallest absolute Gasteiger partial charge is 0.282 e. The van der Waals surface area contributed by atoms with Crippen LogP contribution in [0.1, 0.15) is 4.88 Å². The topological polar surface area (TPSA) is 41.4 Å². The standard InChI is InChI=1S/C14H17BrN4OS/c1-17-14(20)13(15)12(9-16-17)19-6-4-18(5-7-19)10-11-3-2-8-21-11/h2-3,8-9H,4-7,10H2,1H3. The van der Waals surface area contributed by atoms with Crippen LogP contribution < -0.4 is 10.5 Å². The number of hydrogen-bond acceptors (Lipinski definition) is 5. The van der Waals surface area contributed by atoms with E-state index < -0.39 is 0 Å².